The molecule has 0 saturated heterocycles. The second kappa shape index (κ2) is 7.42. The number of halogens is 3. The Morgan fingerprint density at radius 1 is 1.30 bits per heavy atom. The average molecular weight is 290 g/mol. The van der Waals surface area contributed by atoms with Crippen LogP contribution in [0.3, 0.4) is 0 Å². The van der Waals surface area contributed by atoms with E-state index in [1.807, 2.05) is 20.8 Å². The minimum Gasteiger partial charge on any atom is -0.346 e. The highest BCUT2D eigenvalue weighted by atomic mass is 19.4. The summed E-state index contributed by atoms with van der Waals surface area (Å²) in [5.41, 5.74) is 0.638. The summed E-state index contributed by atoms with van der Waals surface area (Å²) in [5, 5.41) is 3.16. The van der Waals surface area contributed by atoms with Crippen molar-refractivity contribution in [1.82, 2.24) is 15.3 Å². The van der Waals surface area contributed by atoms with Gasteiger partial charge in [-0.3, -0.25) is 4.98 Å². The van der Waals surface area contributed by atoms with Crippen molar-refractivity contribution >= 4 is 5.82 Å². The zero-order valence-electron chi connectivity index (χ0n) is 12.0. The van der Waals surface area contributed by atoms with Gasteiger partial charge in [-0.1, -0.05) is 20.8 Å². The Bertz CT molecular complexity index is 407. The largest absolute Gasteiger partial charge is 0.405 e. The lowest BCUT2D eigenvalue weighted by atomic mass is 10.3. The van der Waals surface area contributed by atoms with E-state index in [9.17, 15) is 13.2 Å². The van der Waals surface area contributed by atoms with E-state index in [0.717, 1.165) is 0 Å². The molecule has 1 aromatic heterocycles. The summed E-state index contributed by atoms with van der Waals surface area (Å²) in [6, 6.07) is 0.280. The Hall–Kier alpha value is -1.37. The molecule has 1 aromatic rings. The maximum atomic E-state index is 12.6. The van der Waals surface area contributed by atoms with Gasteiger partial charge in [-0.25, -0.2) is 4.98 Å². The third-order valence-electron chi connectivity index (χ3n) is 2.55. The summed E-state index contributed by atoms with van der Waals surface area (Å²) in [6.45, 7) is 5.60. The number of rotatable bonds is 7. The topological polar surface area (TPSA) is 41.1 Å². The molecule has 0 aliphatic heterocycles. The van der Waals surface area contributed by atoms with Crippen LogP contribution in [0.25, 0.3) is 0 Å². The lowest BCUT2D eigenvalue weighted by molar-refractivity contribution is -0.119. The Morgan fingerprint density at radius 3 is 2.55 bits per heavy atom. The molecule has 4 nitrogen and oxygen atoms in total. The van der Waals surface area contributed by atoms with Crippen LogP contribution < -0.4 is 10.2 Å². The first-order valence-electron chi connectivity index (χ1n) is 6.68. The summed E-state index contributed by atoms with van der Waals surface area (Å²) in [5.74, 6) is 0.271. The first-order chi connectivity index (χ1) is 9.31. The van der Waals surface area contributed by atoms with E-state index in [2.05, 4.69) is 15.3 Å². The van der Waals surface area contributed by atoms with Crippen molar-refractivity contribution in [3.8, 4) is 0 Å². The summed E-state index contributed by atoms with van der Waals surface area (Å²) >= 11 is 0. The number of alkyl halides is 3. The summed E-state index contributed by atoms with van der Waals surface area (Å²) in [7, 11) is 0. The van der Waals surface area contributed by atoms with E-state index < -0.39 is 12.7 Å². The second-order valence-electron chi connectivity index (χ2n) is 4.94. The van der Waals surface area contributed by atoms with Gasteiger partial charge in [0.25, 0.3) is 0 Å². The molecule has 0 spiro atoms. The highest BCUT2D eigenvalue weighted by Crippen LogP contribution is 2.20. The lowest BCUT2D eigenvalue weighted by Gasteiger charge is -2.24. The predicted octanol–water partition coefficient (Wildman–Crippen LogP) is 2.75. The normalized spacial score (nSPS) is 11.9. The number of nitrogens with one attached hydrogen (secondary N) is 1. The molecule has 0 fully saturated rings. The molecular formula is C13H21F3N4. The SMILES string of the molecule is CCCN(CC(F)(F)F)c1cncc(CNC(C)C)n1. The molecule has 0 radical (unpaired) electrons. The number of hydrogen-bond donors (Lipinski definition) is 1. The first kappa shape index (κ1) is 16.7. The van der Waals surface area contributed by atoms with Crippen LogP contribution in [-0.2, 0) is 6.54 Å². The van der Waals surface area contributed by atoms with Gasteiger partial charge in [-0.15, -0.1) is 0 Å². The zero-order valence-corrected chi connectivity index (χ0v) is 12.0. The highest BCUT2D eigenvalue weighted by molar-refractivity contribution is 5.36. The standard InChI is InChI=1S/C13H21F3N4/c1-4-5-20(9-13(14,15)16)12-8-17-6-11(19-12)7-18-10(2)3/h6,8,10,18H,4-5,7,9H2,1-3H3. The van der Waals surface area contributed by atoms with E-state index >= 15 is 0 Å². The van der Waals surface area contributed by atoms with Crippen LogP contribution in [0.15, 0.2) is 12.4 Å². The van der Waals surface area contributed by atoms with Crippen molar-refractivity contribution in [3.05, 3.63) is 18.1 Å². The van der Waals surface area contributed by atoms with Crippen molar-refractivity contribution in [2.45, 2.75) is 46.0 Å². The Morgan fingerprint density at radius 2 is 2.00 bits per heavy atom. The Labute approximate surface area is 117 Å². The van der Waals surface area contributed by atoms with E-state index in [-0.39, 0.29) is 11.9 Å². The lowest BCUT2D eigenvalue weighted by Crippen LogP contribution is -2.35. The van der Waals surface area contributed by atoms with Crippen LogP contribution in [0, 0.1) is 0 Å². The first-order valence-corrected chi connectivity index (χ1v) is 6.68. The number of aromatic nitrogens is 2. The van der Waals surface area contributed by atoms with Crippen LogP contribution in [0.5, 0.6) is 0 Å². The van der Waals surface area contributed by atoms with Gasteiger partial charge in [0.05, 0.1) is 11.9 Å². The van der Waals surface area contributed by atoms with E-state index in [1.54, 1.807) is 6.20 Å². The number of nitrogens with zero attached hydrogens (tertiary/aromatic N) is 3. The van der Waals surface area contributed by atoms with Crippen LogP contribution in [-0.4, -0.2) is 35.3 Å². The molecule has 0 aromatic carbocycles. The van der Waals surface area contributed by atoms with Gasteiger partial charge in [0.1, 0.15) is 12.4 Å². The maximum absolute atomic E-state index is 12.6. The van der Waals surface area contributed by atoms with Crippen molar-refractivity contribution in [1.29, 1.82) is 0 Å². The van der Waals surface area contributed by atoms with Crippen molar-refractivity contribution in [3.63, 3.8) is 0 Å². The molecule has 0 atom stereocenters. The molecule has 0 aliphatic carbocycles. The fourth-order valence-electron chi connectivity index (χ4n) is 1.70. The molecule has 7 heteroatoms. The highest BCUT2D eigenvalue weighted by Gasteiger charge is 2.31. The van der Waals surface area contributed by atoms with Gasteiger partial charge in [-0.2, -0.15) is 13.2 Å². The van der Waals surface area contributed by atoms with Gasteiger partial charge < -0.3 is 10.2 Å². The summed E-state index contributed by atoms with van der Waals surface area (Å²) in [4.78, 5) is 9.45. The van der Waals surface area contributed by atoms with Gasteiger partial charge >= 0.3 is 6.18 Å². The molecule has 0 bridgehead atoms. The van der Waals surface area contributed by atoms with Crippen LogP contribution >= 0.6 is 0 Å². The van der Waals surface area contributed by atoms with Gasteiger partial charge in [0, 0.05) is 25.3 Å². The van der Waals surface area contributed by atoms with Gasteiger partial charge in [0.2, 0.25) is 0 Å². The van der Waals surface area contributed by atoms with Crippen molar-refractivity contribution < 1.29 is 13.2 Å². The molecule has 0 amide bonds. The van der Waals surface area contributed by atoms with Crippen LogP contribution in [0.4, 0.5) is 19.0 Å². The van der Waals surface area contributed by atoms with Crippen LogP contribution in [0.1, 0.15) is 32.9 Å². The second-order valence-corrected chi connectivity index (χ2v) is 4.94. The fourth-order valence-corrected chi connectivity index (χ4v) is 1.70. The third kappa shape index (κ3) is 6.18. The van der Waals surface area contributed by atoms with Gasteiger partial charge in [0.15, 0.2) is 0 Å². The molecule has 1 N–H and O–H groups in total. The average Bonchev–Trinajstić information content (AvgIpc) is 2.35. The minimum atomic E-state index is -4.25. The fraction of sp³-hybridized carbons (Fsp3) is 0.692. The minimum absolute atomic E-state index is 0.271. The smallest absolute Gasteiger partial charge is 0.346 e. The predicted molar refractivity (Wildman–Crippen MR) is 72.6 cm³/mol. The molecule has 1 heterocycles. The molecule has 1 rings (SSSR count). The molecule has 20 heavy (non-hydrogen) atoms. The van der Waals surface area contributed by atoms with Crippen molar-refractivity contribution in [2.24, 2.45) is 0 Å². The molecule has 0 unspecified atom stereocenters. The maximum Gasteiger partial charge on any atom is 0.405 e. The molecular weight excluding hydrogens is 269 g/mol. The van der Waals surface area contributed by atoms with E-state index in [0.29, 0.717) is 25.2 Å². The monoisotopic (exact) mass is 290 g/mol. The summed E-state index contributed by atoms with van der Waals surface area (Å²) in [6.07, 6.45) is -0.688. The van der Waals surface area contributed by atoms with E-state index in [1.165, 1.54) is 11.1 Å². The van der Waals surface area contributed by atoms with E-state index in [4.69, 9.17) is 0 Å². The van der Waals surface area contributed by atoms with Gasteiger partial charge in [-0.05, 0) is 6.42 Å². The Balaban J connectivity index is 2.82. The molecule has 114 valence electrons. The number of hydrogen-bond acceptors (Lipinski definition) is 4. The third-order valence-corrected chi connectivity index (χ3v) is 2.55. The van der Waals surface area contributed by atoms with Crippen LogP contribution in [0.2, 0.25) is 0 Å². The Kier molecular flexibility index (Phi) is 6.19. The quantitative estimate of drug-likeness (QED) is 0.838. The summed E-state index contributed by atoms with van der Waals surface area (Å²) < 4.78 is 37.7. The molecule has 0 saturated carbocycles. The molecule has 0 aliphatic rings. The zero-order chi connectivity index (χ0) is 15.2. The number of anilines is 1. The van der Waals surface area contributed by atoms with Crippen molar-refractivity contribution in [2.75, 3.05) is 18.0 Å².